The first-order chi connectivity index (χ1) is 51.5. The van der Waals surface area contributed by atoms with Crippen LogP contribution in [0.3, 0.4) is 0 Å². The highest BCUT2D eigenvalue weighted by atomic mass is 16.6. The van der Waals surface area contributed by atoms with Crippen molar-refractivity contribution in [1.82, 2.24) is 36.8 Å². The molecule has 22 nitrogen and oxygen atoms in total. The van der Waals surface area contributed by atoms with Gasteiger partial charge in [0.25, 0.3) is 0 Å². The van der Waals surface area contributed by atoms with Gasteiger partial charge in [-0.1, -0.05) is 170 Å². The number of aliphatic carboxylic acids is 1. The SMILES string of the molecule is CC(C)C[C@@H](CC(=O)[C@@H](Cc1ccccc1)NC(=O)[C@H](C)Cc1ccccc1)C(=O)N[C@H](CCCCNC(=O)OC(C)(C)C)C(=O)O.CCC(=O)CC1CCN(C(=O)[C@@H](CCCCN)NC(=O)[C@H](CC(=O)[C@@H](Cc2ccccc2)NC(=O)[C@H](N)Cc2ccccc2)CC(C)C)CC1.CCC(=O)CC1CCNCC1. The van der Waals surface area contributed by atoms with E-state index in [1.54, 1.807) is 25.7 Å². The molecular formula is C86H129N9O13. The van der Waals surface area contributed by atoms with Gasteiger partial charge in [0.15, 0.2) is 11.6 Å². The quantitative estimate of drug-likeness (QED) is 0.0186. The number of benzene rings is 4. The largest absolute Gasteiger partial charge is 0.480 e. The number of ether oxygens (including phenoxy) is 1. The van der Waals surface area contributed by atoms with Crippen molar-refractivity contribution >= 4 is 64.7 Å². The number of nitrogens with two attached hydrogens (primary N) is 2. The second kappa shape index (κ2) is 50.3. The van der Waals surface area contributed by atoms with Crippen molar-refractivity contribution in [2.24, 2.45) is 52.9 Å². The predicted molar refractivity (Wildman–Crippen MR) is 424 cm³/mol. The number of unbranched alkanes of at least 4 members (excludes halogenated alkanes) is 2. The molecule has 0 aliphatic carbocycles. The molecule has 0 saturated carbocycles. The van der Waals surface area contributed by atoms with Gasteiger partial charge in [0, 0.05) is 75.9 Å². The van der Waals surface area contributed by atoms with Crippen molar-refractivity contribution in [3.05, 3.63) is 144 Å². The van der Waals surface area contributed by atoms with Crippen LogP contribution in [0.15, 0.2) is 121 Å². The molecule has 0 bridgehead atoms. The zero-order valence-electron chi connectivity index (χ0n) is 66.2. The Balaban J connectivity index is 0.000000399. The van der Waals surface area contributed by atoms with Gasteiger partial charge in [-0.15, -0.1) is 0 Å². The Morgan fingerprint density at radius 2 is 0.917 bits per heavy atom. The Kier molecular flexibility index (Phi) is 42.8. The average molecular weight is 1500 g/mol. The Morgan fingerprint density at radius 1 is 0.519 bits per heavy atom. The molecule has 0 unspecified atom stereocenters. The van der Waals surface area contributed by atoms with Crippen LogP contribution in [0.4, 0.5) is 4.79 Å². The van der Waals surface area contributed by atoms with Crippen molar-refractivity contribution in [3.63, 3.8) is 0 Å². The summed E-state index contributed by atoms with van der Waals surface area (Å²) in [5.41, 5.74) is 15.1. The minimum absolute atomic E-state index is 0.0637. The summed E-state index contributed by atoms with van der Waals surface area (Å²) in [6.45, 7) is 22.9. The number of piperidine rings is 2. The molecule has 2 aliphatic rings. The number of alkyl carbamates (subject to hydrolysis) is 1. The Bertz CT molecular complexity index is 3360. The number of carbonyl (C=O) groups is 11. The number of Topliss-reactive ketones (excluding diaryl/α,β-unsaturated/α-hetero) is 4. The molecule has 4 aromatic rings. The molecule has 6 amide bonds. The van der Waals surface area contributed by atoms with Crippen LogP contribution >= 0.6 is 0 Å². The van der Waals surface area contributed by atoms with Crippen LogP contribution in [0.1, 0.15) is 207 Å². The van der Waals surface area contributed by atoms with E-state index in [4.69, 9.17) is 16.2 Å². The first kappa shape index (κ1) is 91.9. The van der Waals surface area contributed by atoms with E-state index in [1.807, 2.05) is 170 Å². The number of carboxylic acid groups (broad SMARTS) is 1. The second-order valence-corrected chi connectivity index (χ2v) is 31.2. The van der Waals surface area contributed by atoms with E-state index in [0.29, 0.717) is 109 Å². The van der Waals surface area contributed by atoms with E-state index in [2.05, 4.69) is 31.9 Å². The van der Waals surface area contributed by atoms with Gasteiger partial charge in [-0.2, -0.15) is 0 Å². The predicted octanol–water partition coefficient (Wildman–Crippen LogP) is 11.0. The lowest BCUT2D eigenvalue weighted by molar-refractivity contribution is -0.143. The fourth-order valence-corrected chi connectivity index (χ4v) is 13.4. The molecule has 108 heavy (non-hydrogen) atoms. The Hall–Kier alpha value is -8.47. The van der Waals surface area contributed by atoms with Crippen molar-refractivity contribution in [1.29, 1.82) is 0 Å². The van der Waals surface area contributed by atoms with Crippen molar-refractivity contribution in [2.45, 2.75) is 246 Å². The number of nitrogens with one attached hydrogen (secondary N) is 6. The van der Waals surface area contributed by atoms with E-state index >= 15 is 0 Å². The fourth-order valence-electron chi connectivity index (χ4n) is 13.4. The van der Waals surface area contributed by atoms with Gasteiger partial charge in [0.05, 0.1) is 18.1 Å². The van der Waals surface area contributed by atoms with Crippen molar-refractivity contribution < 1.29 is 62.6 Å². The molecule has 2 saturated heterocycles. The van der Waals surface area contributed by atoms with E-state index < -0.39 is 71.5 Å². The molecule has 0 aromatic heterocycles. The topological polar surface area (TPSA) is 345 Å². The molecular weight excluding hydrogens is 1370 g/mol. The minimum Gasteiger partial charge on any atom is -0.480 e. The lowest BCUT2D eigenvalue weighted by Crippen LogP contribution is -2.53. The van der Waals surface area contributed by atoms with Gasteiger partial charge in [-0.05, 0) is 189 Å². The molecule has 8 atom stereocenters. The number of rotatable bonds is 43. The third kappa shape index (κ3) is 37.6. The standard InChI is InChI=1S/C40H59N5O5.C37H53N3O7.C9H17NO/c1-4-33(46)24-31-18-21-45(22-19-31)40(50)35(17-11-12-20-41)43-38(48)32(23-28(2)3)27-37(47)36(26-30-15-9-6-10-16-30)44-39(49)34(42)25-29-13-7-5-8-14-29;1-25(2)21-29(34(43)39-30(35(44)45)19-13-14-20-38-36(46)47-37(4,5)6)24-32(41)31(23-28-17-11-8-12-18-28)40-33(42)26(3)22-27-15-9-7-10-16-27;1-2-9(11)7-8-3-5-10-6-4-8/h5-10,13-16,28,31-32,34-36H,4,11-12,17-27,41-42H2,1-3H3,(H,43,48)(H,44,49);7-12,15-18,25-26,29-31H,13-14,19-24H2,1-6H3,(H,38,46)(H,39,43)(H,40,42)(H,44,45);8,10H,2-7H2,1H3/t32-,34+,35+,36+;26-,29+,30-,31-;/m01./s1. The highest BCUT2D eigenvalue weighted by molar-refractivity contribution is 5.96. The smallest absolute Gasteiger partial charge is 0.407 e. The maximum atomic E-state index is 14.0. The zero-order chi connectivity index (χ0) is 79.6. The third-order valence-corrected chi connectivity index (χ3v) is 19.6. The van der Waals surface area contributed by atoms with Crippen LogP contribution in [0.2, 0.25) is 0 Å². The summed E-state index contributed by atoms with van der Waals surface area (Å²) >= 11 is 0. The zero-order valence-corrected chi connectivity index (χ0v) is 66.2. The molecule has 0 spiro atoms. The van der Waals surface area contributed by atoms with E-state index in [9.17, 15) is 57.8 Å². The number of likely N-dealkylation sites (tertiary alicyclic amines) is 1. The molecule has 11 N–H and O–H groups in total. The molecule has 4 aromatic carbocycles. The van der Waals surface area contributed by atoms with Gasteiger partial charge >= 0.3 is 12.1 Å². The highest BCUT2D eigenvalue weighted by Gasteiger charge is 2.36. The first-order valence-corrected chi connectivity index (χ1v) is 39.6. The maximum absolute atomic E-state index is 14.0. The van der Waals surface area contributed by atoms with Crippen LogP contribution in [0, 0.1) is 41.4 Å². The summed E-state index contributed by atoms with van der Waals surface area (Å²) in [6.07, 6.45) is 10.9. The summed E-state index contributed by atoms with van der Waals surface area (Å²) < 4.78 is 5.20. The highest BCUT2D eigenvalue weighted by Crippen LogP contribution is 2.26. The summed E-state index contributed by atoms with van der Waals surface area (Å²) in [5.74, 6) is -3.42. The van der Waals surface area contributed by atoms with Gasteiger partial charge in [0.2, 0.25) is 29.5 Å². The van der Waals surface area contributed by atoms with Crippen molar-refractivity contribution in [2.75, 3.05) is 39.3 Å². The van der Waals surface area contributed by atoms with E-state index in [-0.39, 0.29) is 90.8 Å². The fraction of sp³-hybridized carbons (Fsp3) is 0.593. The number of nitrogens with zero attached hydrogens (tertiary/aromatic N) is 1. The molecule has 22 heteroatoms. The maximum Gasteiger partial charge on any atom is 0.407 e. The lowest BCUT2D eigenvalue weighted by atomic mass is 9.88. The normalized spacial score (nSPS) is 15.5. The molecule has 2 fully saturated rings. The number of amides is 6. The Morgan fingerprint density at radius 3 is 1.34 bits per heavy atom. The Labute approximate surface area is 643 Å². The molecule has 6 rings (SSSR count). The molecule has 0 radical (unpaired) electrons. The van der Waals surface area contributed by atoms with E-state index in [0.717, 1.165) is 61.0 Å². The van der Waals surface area contributed by atoms with Crippen molar-refractivity contribution in [3.8, 4) is 0 Å². The monoisotopic (exact) mass is 1500 g/mol. The van der Waals surface area contributed by atoms with Gasteiger partial charge in [-0.3, -0.25) is 43.2 Å². The lowest BCUT2D eigenvalue weighted by Gasteiger charge is -2.35. The van der Waals surface area contributed by atoms with Gasteiger partial charge in [-0.25, -0.2) is 9.59 Å². The van der Waals surface area contributed by atoms with Gasteiger partial charge in [0.1, 0.15) is 29.3 Å². The first-order valence-electron chi connectivity index (χ1n) is 39.6. The molecule has 2 aliphatic heterocycles. The summed E-state index contributed by atoms with van der Waals surface area (Å²) in [7, 11) is 0. The van der Waals surface area contributed by atoms with E-state index in [1.165, 1.54) is 12.8 Å². The minimum atomic E-state index is -1.17. The summed E-state index contributed by atoms with van der Waals surface area (Å²) in [6, 6.07) is 33.5. The number of carbonyl (C=O) groups excluding carboxylic acids is 10. The average Bonchev–Trinajstić information content (AvgIpc) is 0.858. The number of hydrogen-bond acceptors (Lipinski definition) is 15. The van der Waals surface area contributed by atoms with Crippen LogP contribution in [0.5, 0.6) is 0 Å². The second-order valence-electron chi connectivity index (χ2n) is 31.2. The number of hydrogen-bond donors (Lipinski definition) is 9. The van der Waals surface area contributed by atoms with Crippen LogP contribution in [-0.2, 0) is 78.4 Å². The third-order valence-electron chi connectivity index (χ3n) is 19.6. The number of carboxylic acids is 1. The number of ketones is 4. The van der Waals surface area contributed by atoms with Crippen LogP contribution < -0.4 is 43.4 Å². The summed E-state index contributed by atoms with van der Waals surface area (Å²) in [4.78, 5) is 144. The van der Waals surface area contributed by atoms with Crippen LogP contribution in [0.25, 0.3) is 0 Å². The molecule has 2 heterocycles. The van der Waals surface area contributed by atoms with Gasteiger partial charge < -0.3 is 58.1 Å². The molecule has 596 valence electrons. The van der Waals surface area contributed by atoms with Crippen LogP contribution in [-0.4, -0.2) is 150 Å². The summed E-state index contributed by atoms with van der Waals surface area (Å²) in [5, 5.41) is 27.3.